The molecule has 7 nitrogen and oxygen atoms in total. The molecule has 0 aliphatic heterocycles. The molecular weight excluding hydrogens is 458 g/mol. The van der Waals surface area contributed by atoms with Gasteiger partial charge in [-0.15, -0.1) is 4.72 Å². The maximum Gasteiger partial charge on any atom is 0.192 e. The van der Waals surface area contributed by atoms with E-state index in [-0.39, 0.29) is 10.3 Å². The zero-order valence-corrected chi connectivity index (χ0v) is 20.2. The second-order valence-electron chi connectivity index (χ2n) is 8.07. The van der Waals surface area contributed by atoms with Gasteiger partial charge in [0.1, 0.15) is 10.9 Å². The zero-order chi connectivity index (χ0) is 23.6. The predicted octanol–water partition coefficient (Wildman–Crippen LogP) is 4.24. The third-order valence-corrected chi connectivity index (χ3v) is 7.59. The molecule has 4 rings (SSSR count). The lowest BCUT2D eigenvalue weighted by atomic mass is 9.94. The Kier molecular flexibility index (Phi) is 6.85. The van der Waals surface area contributed by atoms with Gasteiger partial charge in [-0.3, -0.25) is 0 Å². The van der Waals surface area contributed by atoms with E-state index in [0.717, 1.165) is 22.8 Å². The van der Waals surface area contributed by atoms with Crippen molar-refractivity contribution in [1.29, 1.82) is 0 Å². The van der Waals surface area contributed by atoms with E-state index in [1.807, 2.05) is 62.4 Å². The number of fused-ring (bicyclic) bond motifs is 1. The molecule has 0 aliphatic carbocycles. The van der Waals surface area contributed by atoms with E-state index in [9.17, 15) is 13.0 Å². The Balaban J connectivity index is 1.79. The van der Waals surface area contributed by atoms with Gasteiger partial charge >= 0.3 is 0 Å². The summed E-state index contributed by atoms with van der Waals surface area (Å²) in [6.07, 6.45) is 1.47. The molecule has 9 heteroatoms. The smallest absolute Gasteiger partial charge is 0.192 e. The average molecular weight is 484 g/mol. The lowest BCUT2D eigenvalue weighted by Crippen LogP contribution is -2.35. The van der Waals surface area contributed by atoms with Crippen LogP contribution in [0.5, 0.6) is 0 Å². The maximum atomic E-state index is 12.8. The highest BCUT2D eigenvalue weighted by molar-refractivity contribution is 7.90. The van der Waals surface area contributed by atoms with Crippen LogP contribution < -0.4 is 4.72 Å². The molecule has 1 unspecified atom stereocenters. The molecule has 2 aromatic carbocycles. The van der Waals surface area contributed by atoms with Crippen LogP contribution >= 0.6 is 0 Å². The standard InChI is InChI=1S/C24H25N3O4S2/c1-16(2)32(28)27-21(15-17-9-8-14-23(25-17)33(3,29)30)18-10-4-5-11-19(18)24-20-12-6-7-13-22(20)31-26-24/h4-14,16,21,27H,15H2,1-3H3/t21?,32-/m0/s1. The first kappa shape index (κ1) is 23.4. The molecule has 0 aliphatic rings. The summed E-state index contributed by atoms with van der Waals surface area (Å²) >= 11 is -1.32. The molecule has 0 fully saturated rings. The lowest BCUT2D eigenvalue weighted by molar-refractivity contribution is 0.459. The molecule has 2 heterocycles. The summed E-state index contributed by atoms with van der Waals surface area (Å²) in [6.45, 7) is 3.75. The third kappa shape index (κ3) is 5.27. The van der Waals surface area contributed by atoms with Gasteiger partial charge in [0.2, 0.25) is 0 Å². The van der Waals surface area contributed by atoms with Crippen LogP contribution in [0.1, 0.15) is 31.1 Å². The fourth-order valence-electron chi connectivity index (χ4n) is 3.57. The fourth-order valence-corrected chi connectivity index (χ4v) is 4.95. The normalized spacial score (nSPS) is 14.0. The summed E-state index contributed by atoms with van der Waals surface area (Å²) in [7, 11) is -3.44. The molecule has 4 aromatic rings. The number of sulfone groups is 1. The van der Waals surface area contributed by atoms with E-state index in [1.54, 1.807) is 12.1 Å². The second-order valence-corrected chi connectivity index (χ2v) is 11.8. The zero-order valence-electron chi connectivity index (χ0n) is 18.6. The van der Waals surface area contributed by atoms with Crippen LogP contribution in [0.3, 0.4) is 0 Å². The van der Waals surface area contributed by atoms with Crippen molar-refractivity contribution in [3.63, 3.8) is 0 Å². The quantitative estimate of drug-likeness (QED) is 0.373. The van der Waals surface area contributed by atoms with Crippen LogP contribution in [0.25, 0.3) is 22.2 Å². The molecule has 2 aromatic heterocycles. The minimum Gasteiger partial charge on any atom is -0.598 e. The first-order valence-electron chi connectivity index (χ1n) is 10.5. The number of pyridine rings is 1. The third-order valence-electron chi connectivity index (χ3n) is 5.23. The lowest BCUT2D eigenvalue weighted by Gasteiger charge is -2.24. The van der Waals surface area contributed by atoms with Gasteiger partial charge in [-0.05, 0) is 43.7 Å². The number of rotatable bonds is 8. The van der Waals surface area contributed by atoms with E-state index in [0.29, 0.717) is 23.4 Å². The second kappa shape index (κ2) is 9.64. The van der Waals surface area contributed by atoms with Gasteiger partial charge in [0.15, 0.2) is 20.4 Å². The van der Waals surface area contributed by atoms with Crippen LogP contribution in [0.4, 0.5) is 0 Å². The highest BCUT2D eigenvalue weighted by Crippen LogP contribution is 2.34. The monoisotopic (exact) mass is 483 g/mol. The number of aromatic nitrogens is 2. The summed E-state index contributed by atoms with van der Waals surface area (Å²) in [4.78, 5) is 4.34. The molecule has 33 heavy (non-hydrogen) atoms. The SMILES string of the molecule is CC(C)[S@+]([O-])NC(Cc1cccc(S(C)(=O)=O)n1)c1ccccc1-c1noc2ccccc12. The van der Waals surface area contributed by atoms with Gasteiger partial charge in [-0.1, -0.05) is 47.6 Å². The number of hydrogen-bond acceptors (Lipinski definition) is 7. The van der Waals surface area contributed by atoms with Gasteiger partial charge < -0.3 is 9.08 Å². The summed E-state index contributed by atoms with van der Waals surface area (Å²) in [5.74, 6) is 0. The van der Waals surface area contributed by atoms with Crippen molar-refractivity contribution in [2.45, 2.75) is 36.6 Å². The van der Waals surface area contributed by atoms with Crippen molar-refractivity contribution in [2.75, 3.05) is 6.26 Å². The van der Waals surface area contributed by atoms with Gasteiger partial charge in [0.05, 0.1) is 6.04 Å². The molecule has 0 bridgehead atoms. The van der Waals surface area contributed by atoms with Crippen molar-refractivity contribution < 1.29 is 17.5 Å². The minimum absolute atomic E-state index is 0.0134. The highest BCUT2D eigenvalue weighted by atomic mass is 32.2. The number of nitrogens with zero attached hydrogens (tertiary/aromatic N) is 2. The van der Waals surface area contributed by atoms with E-state index in [2.05, 4.69) is 14.9 Å². The van der Waals surface area contributed by atoms with E-state index in [1.165, 1.54) is 6.07 Å². The largest absolute Gasteiger partial charge is 0.598 e. The first-order valence-corrected chi connectivity index (χ1v) is 13.6. The summed E-state index contributed by atoms with van der Waals surface area (Å²) in [6, 6.07) is 19.9. The van der Waals surface area contributed by atoms with Crippen LogP contribution in [-0.4, -0.2) is 34.6 Å². The molecule has 2 atom stereocenters. The fraction of sp³-hybridized carbons (Fsp3) is 0.250. The number of benzene rings is 2. The Hall–Kier alpha value is -2.72. The van der Waals surface area contributed by atoms with Crippen molar-refractivity contribution in [3.05, 3.63) is 78.0 Å². The Morgan fingerprint density at radius 2 is 1.76 bits per heavy atom. The molecule has 0 saturated carbocycles. The highest BCUT2D eigenvalue weighted by Gasteiger charge is 2.26. The Bertz CT molecular complexity index is 1370. The first-order chi connectivity index (χ1) is 15.7. The molecule has 0 saturated heterocycles. The summed E-state index contributed by atoms with van der Waals surface area (Å²) in [5, 5.41) is 5.09. The van der Waals surface area contributed by atoms with Crippen molar-refractivity contribution in [1.82, 2.24) is 14.9 Å². The van der Waals surface area contributed by atoms with Gasteiger partial charge in [-0.25, -0.2) is 13.4 Å². The van der Waals surface area contributed by atoms with Crippen LogP contribution in [0, 0.1) is 0 Å². The topological polar surface area (TPSA) is 108 Å². The van der Waals surface area contributed by atoms with E-state index in [4.69, 9.17) is 4.52 Å². The number of para-hydroxylation sites is 1. The van der Waals surface area contributed by atoms with Gasteiger partial charge in [0.25, 0.3) is 0 Å². The number of nitrogens with one attached hydrogen (secondary N) is 1. The molecule has 172 valence electrons. The van der Waals surface area contributed by atoms with Gasteiger partial charge in [0, 0.05) is 40.7 Å². The molecule has 0 amide bonds. The minimum atomic E-state index is -3.44. The van der Waals surface area contributed by atoms with E-state index < -0.39 is 27.2 Å². The van der Waals surface area contributed by atoms with Crippen molar-refractivity contribution in [2.24, 2.45) is 0 Å². The van der Waals surface area contributed by atoms with Crippen LogP contribution in [0.2, 0.25) is 0 Å². The van der Waals surface area contributed by atoms with E-state index >= 15 is 0 Å². The molecule has 1 N–H and O–H groups in total. The number of hydrogen-bond donors (Lipinski definition) is 1. The molecule has 0 radical (unpaired) electrons. The Morgan fingerprint density at radius 1 is 1.03 bits per heavy atom. The van der Waals surface area contributed by atoms with Crippen molar-refractivity contribution >= 4 is 32.2 Å². The van der Waals surface area contributed by atoms with Gasteiger partial charge in [-0.2, -0.15) is 0 Å². The molecular formula is C24H25N3O4S2. The van der Waals surface area contributed by atoms with Crippen molar-refractivity contribution in [3.8, 4) is 11.3 Å². The Morgan fingerprint density at radius 3 is 2.52 bits per heavy atom. The Labute approximate surface area is 196 Å². The summed E-state index contributed by atoms with van der Waals surface area (Å²) < 4.78 is 45.5. The average Bonchev–Trinajstić information content (AvgIpc) is 3.22. The molecule has 0 spiro atoms. The van der Waals surface area contributed by atoms with Crippen LogP contribution in [0.15, 0.2) is 76.3 Å². The van der Waals surface area contributed by atoms with Crippen LogP contribution in [-0.2, 0) is 27.6 Å². The predicted molar refractivity (Wildman–Crippen MR) is 130 cm³/mol. The maximum absolute atomic E-state index is 12.8. The summed E-state index contributed by atoms with van der Waals surface area (Å²) in [5.41, 5.74) is 3.68.